The van der Waals surface area contributed by atoms with Crippen LogP contribution in [0.25, 0.3) is 11.4 Å². The third-order valence-electron chi connectivity index (χ3n) is 5.27. The molecule has 1 aliphatic carbocycles. The molecule has 1 saturated heterocycles. The van der Waals surface area contributed by atoms with Crippen molar-refractivity contribution in [3.8, 4) is 11.4 Å². The highest BCUT2D eigenvalue weighted by Gasteiger charge is 2.37. The molecule has 0 amide bonds. The van der Waals surface area contributed by atoms with Gasteiger partial charge in [-0.15, -0.1) is 10.2 Å². The van der Waals surface area contributed by atoms with Gasteiger partial charge in [0, 0.05) is 37.8 Å². The van der Waals surface area contributed by atoms with Gasteiger partial charge in [0.25, 0.3) is 0 Å². The van der Waals surface area contributed by atoms with Crippen LogP contribution in [0.2, 0.25) is 0 Å². The van der Waals surface area contributed by atoms with E-state index in [0.29, 0.717) is 5.82 Å². The van der Waals surface area contributed by atoms with E-state index < -0.39 is 0 Å². The molecule has 2 aliphatic rings. The van der Waals surface area contributed by atoms with Crippen LogP contribution in [-0.2, 0) is 6.54 Å². The number of hydrogen-bond acceptors (Lipinski definition) is 5. The number of aromatic amines is 1. The minimum atomic E-state index is 0.655. The summed E-state index contributed by atoms with van der Waals surface area (Å²) >= 11 is 0. The van der Waals surface area contributed by atoms with Crippen molar-refractivity contribution in [3.63, 3.8) is 0 Å². The highest BCUT2D eigenvalue weighted by atomic mass is 15.5. The largest absolute Gasteiger partial charge is 0.301 e. The molecule has 122 valence electrons. The Balaban J connectivity index is 1.32. The van der Waals surface area contributed by atoms with E-state index in [0.717, 1.165) is 30.6 Å². The number of nitrogens with one attached hydrogen (secondary N) is 1. The minimum absolute atomic E-state index is 0.655. The molecule has 0 unspecified atom stereocenters. The summed E-state index contributed by atoms with van der Waals surface area (Å²) in [6.45, 7) is 4.59. The molecule has 23 heavy (non-hydrogen) atoms. The number of likely N-dealkylation sites (tertiary alicyclic amines) is 1. The average Bonchev–Trinajstić information content (AvgIpc) is 3.30. The fraction of sp³-hybridized carbons (Fsp3) is 0.588. The normalized spacial score (nSPS) is 23.9. The molecule has 1 aliphatic heterocycles. The van der Waals surface area contributed by atoms with Crippen LogP contribution in [0.15, 0.2) is 24.3 Å². The summed E-state index contributed by atoms with van der Waals surface area (Å²) < 4.78 is 0. The zero-order chi connectivity index (χ0) is 15.6. The SMILES string of the molecule is CN(CCN1C[C@H]2CC[C@@H]1C2)Cc1cccc(-c2nn[nH]n2)c1. The van der Waals surface area contributed by atoms with Gasteiger partial charge >= 0.3 is 0 Å². The molecule has 6 nitrogen and oxygen atoms in total. The van der Waals surface area contributed by atoms with E-state index in [1.807, 2.05) is 6.07 Å². The van der Waals surface area contributed by atoms with E-state index in [-0.39, 0.29) is 0 Å². The molecule has 1 saturated carbocycles. The first kappa shape index (κ1) is 14.8. The summed E-state index contributed by atoms with van der Waals surface area (Å²) in [5, 5.41) is 14.2. The van der Waals surface area contributed by atoms with Crippen LogP contribution >= 0.6 is 0 Å². The van der Waals surface area contributed by atoms with Crippen molar-refractivity contribution in [1.29, 1.82) is 0 Å². The molecule has 2 fully saturated rings. The lowest BCUT2D eigenvalue weighted by molar-refractivity contribution is 0.182. The van der Waals surface area contributed by atoms with Gasteiger partial charge in [-0.25, -0.2) is 0 Å². The second-order valence-corrected chi connectivity index (χ2v) is 7.00. The molecule has 2 heterocycles. The number of tetrazole rings is 1. The van der Waals surface area contributed by atoms with Crippen LogP contribution in [0.3, 0.4) is 0 Å². The lowest BCUT2D eigenvalue weighted by atomic mass is 10.1. The molecule has 4 rings (SSSR count). The van der Waals surface area contributed by atoms with Crippen molar-refractivity contribution in [2.45, 2.75) is 31.8 Å². The predicted molar refractivity (Wildman–Crippen MR) is 88.6 cm³/mol. The van der Waals surface area contributed by atoms with Gasteiger partial charge in [-0.2, -0.15) is 5.21 Å². The average molecular weight is 312 g/mol. The van der Waals surface area contributed by atoms with Gasteiger partial charge < -0.3 is 4.90 Å². The number of aromatic nitrogens is 4. The van der Waals surface area contributed by atoms with E-state index >= 15 is 0 Å². The van der Waals surface area contributed by atoms with Crippen molar-refractivity contribution >= 4 is 0 Å². The Morgan fingerprint density at radius 1 is 1.35 bits per heavy atom. The van der Waals surface area contributed by atoms with E-state index in [9.17, 15) is 0 Å². The molecule has 6 heteroatoms. The molecule has 2 aromatic rings. The van der Waals surface area contributed by atoms with Crippen LogP contribution in [0.5, 0.6) is 0 Å². The molecule has 2 bridgehead atoms. The quantitative estimate of drug-likeness (QED) is 0.881. The number of fused-ring (bicyclic) bond motifs is 2. The first-order valence-corrected chi connectivity index (χ1v) is 8.53. The Kier molecular flexibility index (Phi) is 4.10. The molecule has 1 aromatic carbocycles. The third-order valence-corrected chi connectivity index (χ3v) is 5.27. The van der Waals surface area contributed by atoms with E-state index in [4.69, 9.17) is 0 Å². The Morgan fingerprint density at radius 3 is 3.04 bits per heavy atom. The van der Waals surface area contributed by atoms with Gasteiger partial charge in [-0.1, -0.05) is 18.2 Å². The van der Waals surface area contributed by atoms with Crippen molar-refractivity contribution in [1.82, 2.24) is 30.4 Å². The van der Waals surface area contributed by atoms with E-state index in [2.05, 4.69) is 55.7 Å². The Labute approximate surface area is 136 Å². The lowest BCUT2D eigenvalue weighted by Gasteiger charge is -2.28. The number of benzene rings is 1. The number of piperidine rings is 1. The van der Waals surface area contributed by atoms with Crippen LogP contribution < -0.4 is 0 Å². The monoisotopic (exact) mass is 312 g/mol. The summed E-state index contributed by atoms with van der Waals surface area (Å²) in [5.41, 5.74) is 2.30. The highest BCUT2D eigenvalue weighted by Crippen LogP contribution is 2.36. The molecule has 0 spiro atoms. The standard InChI is InChI=1S/C17H24N6/c1-22(7-8-23-12-14-5-6-16(23)10-14)11-13-3-2-4-15(9-13)17-18-20-21-19-17/h2-4,9,14,16H,5-8,10-12H2,1H3,(H,18,19,20,21)/t14-,16+/m0/s1. The Bertz CT molecular complexity index is 640. The summed E-state index contributed by atoms with van der Waals surface area (Å²) in [6.07, 6.45) is 4.32. The van der Waals surface area contributed by atoms with Gasteiger partial charge in [0.05, 0.1) is 0 Å². The molecule has 1 N–H and O–H groups in total. The van der Waals surface area contributed by atoms with E-state index in [1.54, 1.807) is 0 Å². The van der Waals surface area contributed by atoms with Gasteiger partial charge in [0.2, 0.25) is 5.82 Å². The molecule has 0 radical (unpaired) electrons. The van der Waals surface area contributed by atoms with Gasteiger partial charge in [0.15, 0.2) is 0 Å². The van der Waals surface area contributed by atoms with Crippen LogP contribution in [-0.4, -0.2) is 63.1 Å². The summed E-state index contributed by atoms with van der Waals surface area (Å²) in [6, 6.07) is 9.27. The van der Waals surface area contributed by atoms with E-state index in [1.165, 1.54) is 37.9 Å². The Morgan fingerprint density at radius 2 is 2.30 bits per heavy atom. The number of nitrogens with zero attached hydrogens (tertiary/aromatic N) is 5. The predicted octanol–water partition coefficient (Wildman–Crippen LogP) is 1.78. The number of likely N-dealkylation sites (N-methyl/N-ethyl adjacent to an activating group) is 1. The first-order chi connectivity index (χ1) is 11.3. The van der Waals surface area contributed by atoms with Crippen molar-refractivity contribution in [2.24, 2.45) is 5.92 Å². The lowest BCUT2D eigenvalue weighted by Crippen LogP contribution is -2.38. The maximum atomic E-state index is 4.05. The van der Waals surface area contributed by atoms with Gasteiger partial charge in [-0.05, 0) is 49.1 Å². The van der Waals surface area contributed by atoms with Gasteiger partial charge in [0.1, 0.15) is 0 Å². The highest BCUT2D eigenvalue weighted by molar-refractivity contribution is 5.54. The second-order valence-electron chi connectivity index (χ2n) is 7.00. The third kappa shape index (κ3) is 3.28. The number of rotatable bonds is 6. The van der Waals surface area contributed by atoms with Crippen LogP contribution in [0.1, 0.15) is 24.8 Å². The van der Waals surface area contributed by atoms with Crippen molar-refractivity contribution in [3.05, 3.63) is 29.8 Å². The number of hydrogen-bond donors (Lipinski definition) is 1. The topological polar surface area (TPSA) is 60.9 Å². The zero-order valence-corrected chi connectivity index (χ0v) is 13.6. The first-order valence-electron chi connectivity index (χ1n) is 8.53. The summed E-state index contributed by atoms with van der Waals surface area (Å²) in [7, 11) is 2.20. The molecule has 2 atom stereocenters. The van der Waals surface area contributed by atoms with Crippen LogP contribution in [0.4, 0.5) is 0 Å². The molecule has 1 aromatic heterocycles. The minimum Gasteiger partial charge on any atom is -0.301 e. The van der Waals surface area contributed by atoms with Crippen molar-refractivity contribution in [2.75, 3.05) is 26.7 Å². The fourth-order valence-corrected chi connectivity index (χ4v) is 4.08. The molecular weight excluding hydrogens is 288 g/mol. The second kappa shape index (κ2) is 6.37. The maximum absolute atomic E-state index is 4.05. The zero-order valence-electron chi connectivity index (χ0n) is 13.6. The van der Waals surface area contributed by atoms with Crippen molar-refractivity contribution < 1.29 is 0 Å². The van der Waals surface area contributed by atoms with Crippen LogP contribution in [0, 0.1) is 5.92 Å². The molecular formula is C17H24N6. The smallest absolute Gasteiger partial charge is 0.204 e. The summed E-state index contributed by atoms with van der Waals surface area (Å²) in [4.78, 5) is 5.10. The summed E-state index contributed by atoms with van der Waals surface area (Å²) in [5.74, 6) is 1.64. The van der Waals surface area contributed by atoms with Gasteiger partial charge in [-0.3, -0.25) is 4.90 Å². The maximum Gasteiger partial charge on any atom is 0.204 e. The fourth-order valence-electron chi connectivity index (χ4n) is 4.08. The number of H-pyrrole nitrogens is 1. The Hall–Kier alpha value is -1.79.